The minimum absolute atomic E-state index is 0.0598. The first-order chi connectivity index (χ1) is 12.4. The Labute approximate surface area is 156 Å². The molecule has 0 unspecified atom stereocenters. The highest BCUT2D eigenvalue weighted by Gasteiger charge is 2.18. The minimum Gasteiger partial charge on any atom is -0.494 e. The first-order valence-corrected chi connectivity index (χ1v) is 9.47. The van der Waals surface area contributed by atoms with E-state index in [4.69, 9.17) is 4.74 Å². The van der Waals surface area contributed by atoms with E-state index < -0.39 is 0 Å². The summed E-state index contributed by atoms with van der Waals surface area (Å²) in [6.07, 6.45) is 0.329. The second-order valence-electron chi connectivity index (χ2n) is 6.24. The standard InChI is InChI=1S/C20H22N2O3S/c1-5-25-16-8-6-15(7-9-16)17-13(3)26-19-18(17)20(24)22(14(4)21-19)11-10-12(2)23/h6-9H,5,10-11H2,1-4H3. The Morgan fingerprint density at radius 2 is 1.92 bits per heavy atom. The predicted molar refractivity (Wildman–Crippen MR) is 105 cm³/mol. The lowest BCUT2D eigenvalue weighted by molar-refractivity contribution is -0.117. The van der Waals surface area contributed by atoms with E-state index >= 15 is 0 Å². The summed E-state index contributed by atoms with van der Waals surface area (Å²) in [4.78, 5) is 30.9. The topological polar surface area (TPSA) is 61.2 Å². The van der Waals surface area contributed by atoms with E-state index in [-0.39, 0.29) is 11.3 Å². The van der Waals surface area contributed by atoms with Crippen LogP contribution in [-0.2, 0) is 11.3 Å². The second kappa shape index (κ2) is 7.41. The molecule has 0 aliphatic heterocycles. The molecule has 0 spiro atoms. The number of hydrogen-bond donors (Lipinski definition) is 0. The van der Waals surface area contributed by atoms with Crippen molar-refractivity contribution in [3.05, 3.63) is 45.3 Å². The van der Waals surface area contributed by atoms with Gasteiger partial charge >= 0.3 is 0 Å². The molecule has 0 bridgehead atoms. The van der Waals surface area contributed by atoms with Crippen LogP contribution in [0.3, 0.4) is 0 Å². The number of rotatable bonds is 6. The quantitative estimate of drug-likeness (QED) is 0.655. The molecule has 0 saturated heterocycles. The molecule has 136 valence electrons. The van der Waals surface area contributed by atoms with Crippen LogP contribution in [0.1, 0.15) is 31.0 Å². The Hall–Kier alpha value is -2.47. The molecule has 1 aromatic carbocycles. The van der Waals surface area contributed by atoms with Crippen molar-refractivity contribution in [1.82, 2.24) is 9.55 Å². The highest BCUT2D eigenvalue weighted by molar-refractivity contribution is 7.19. The summed E-state index contributed by atoms with van der Waals surface area (Å²) < 4.78 is 7.11. The third-order valence-corrected chi connectivity index (χ3v) is 5.32. The zero-order valence-electron chi connectivity index (χ0n) is 15.5. The lowest BCUT2D eigenvalue weighted by Gasteiger charge is -2.09. The van der Waals surface area contributed by atoms with Crippen LogP contribution in [0.5, 0.6) is 5.75 Å². The van der Waals surface area contributed by atoms with E-state index in [2.05, 4.69) is 4.98 Å². The summed E-state index contributed by atoms with van der Waals surface area (Å²) in [5, 5.41) is 0.630. The summed E-state index contributed by atoms with van der Waals surface area (Å²) in [7, 11) is 0. The monoisotopic (exact) mass is 370 g/mol. The fraction of sp³-hybridized carbons (Fsp3) is 0.350. The number of thiophene rings is 1. The highest BCUT2D eigenvalue weighted by atomic mass is 32.1. The van der Waals surface area contributed by atoms with Crippen LogP contribution in [0.15, 0.2) is 29.1 Å². The van der Waals surface area contributed by atoms with Gasteiger partial charge in [-0.2, -0.15) is 0 Å². The van der Waals surface area contributed by atoms with Gasteiger partial charge in [0.2, 0.25) is 0 Å². The van der Waals surface area contributed by atoms with Gasteiger partial charge in [-0.3, -0.25) is 14.2 Å². The Balaban J connectivity index is 2.16. The van der Waals surface area contributed by atoms with Gasteiger partial charge < -0.3 is 4.74 Å². The number of carbonyl (C=O) groups excluding carboxylic acids is 1. The van der Waals surface area contributed by atoms with E-state index in [1.54, 1.807) is 4.57 Å². The average molecular weight is 370 g/mol. The maximum atomic E-state index is 13.1. The van der Waals surface area contributed by atoms with E-state index in [1.165, 1.54) is 18.3 Å². The molecule has 2 aromatic heterocycles. The van der Waals surface area contributed by atoms with Crippen LogP contribution in [-0.4, -0.2) is 21.9 Å². The Bertz CT molecular complexity index is 1020. The van der Waals surface area contributed by atoms with Crippen molar-refractivity contribution in [3.8, 4) is 16.9 Å². The van der Waals surface area contributed by atoms with Gasteiger partial charge in [0.25, 0.3) is 5.56 Å². The first-order valence-electron chi connectivity index (χ1n) is 8.65. The van der Waals surface area contributed by atoms with Crippen molar-refractivity contribution < 1.29 is 9.53 Å². The van der Waals surface area contributed by atoms with E-state index in [9.17, 15) is 9.59 Å². The van der Waals surface area contributed by atoms with Gasteiger partial charge in [0.05, 0.1) is 12.0 Å². The van der Waals surface area contributed by atoms with Crippen LogP contribution in [0.4, 0.5) is 0 Å². The number of Topliss-reactive ketones (excluding diaryl/α,β-unsaturated/α-hetero) is 1. The Morgan fingerprint density at radius 1 is 1.23 bits per heavy atom. The summed E-state index contributed by atoms with van der Waals surface area (Å²) >= 11 is 1.53. The van der Waals surface area contributed by atoms with Crippen LogP contribution in [0.2, 0.25) is 0 Å². The molecule has 0 amide bonds. The van der Waals surface area contributed by atoms with Crippen LogP contribution in [0, 0.1) is 13.8 Å². The van der Waals surface area contributed by atoms with Gasteiger partial charge in [0.15, 0.2) is 0 Å². The van der Waals surface area contributed by atoms with E-state index in [0.29, 0.717) is 30.8 Å². The zero-order valence-corrected chi connectivity index (χ0v) is 16.3. The number of benzene rings is 1. The largest absolute Gasteiger partial charge is 0.494 e. The third kappa shape index (κ3) is 3.42. The van der Waals surface area contributed by atoms with Crippen LogP contribution >= 0.6 is 11.3 Å². The fourth-order valence-corrected chi connectivity index (χ4v) is 4.14. The van der Waals surface area contributed by atoms with Crippen LogP contribution in [0.25, 0.3) is 21.3 Å². The van der Waals surface area contributed by atoms with Gasteiger partial charge in [-0.05, 0) is 45.4 Å². The van der Waals surface area contributed by atoms with Gasteiger partial charge in [0.1, 0.15) is 22.2 Å². The molecular formula is C20H22N2O3S. The number of carbonyl (C=O) groups is 1. The molecule has 3 rings (SSSR count). The maximum Gasteiger partial charge on any atom is 0.262 e. The molecule has 0 atom stereocenters. The van der Waals surface area contributed by atoms with Crippen molar-refractivity contribution in [1.29, 1.82) is 0 Å². The molecule has 0 saturated carbocycles. The van der Waals surface area contributed by atoms with E-state index in [0.717, 1.165) is 26.6 Å². The normalized spacial score (nSPS) is 11.1. The van der Waals surface area contributed by atoms with Gasteiger partial charge in [-0.15, -0.1) is 11.3 Å². The van der Waals surface area contributed by atoms with Gasteiger partial charge in [-0.1, -0.05) is 12.1 Å². The molecule has 6 heteroatoms. The first kappa shape index (κ1) is 18.3. The molecule has 2 heterocycles. The number of nitrogens with zero attached hydrogens (tertiary/aromatic N) is 2. The number of hydrogen-bond acceptors (Lipinski definition) is 5. The van der Waals surface area contributed by atoms with Crippen molar-refractivity contribution in [2.24, 2.45) is 0 Å². The second-order valence-corrected chi connectivity index (χ2v) is 7.44. The molecule has 3 aromatic rings. The van der Waals surface area contributed by atoms with Crippen LogP contribution < -0.4 is 10.3 Å². The number of aryl methyl sites for hydroxylation is 2. The van der Waals surface area contributed by atoms with Crippen molar-refractivity contribution in [2.75, 3.05) is 6.61 Å². The van der Waals surface area contributed by atoms with Crippen molar-refractivity contribution >= 4 is 27.3 Å². The maximum absolute atomic E-state index is 13.1. The predicted octanol–water partition coefficient (Wildman–Crippen LogP) is 4.12. The zero-order chi connectivity index (χ0) is 18.8. The van der Waals surface area contributed by atoms with Gasteiger partial charge in [-0.25, -0.2) is 4.98 Å². The van der Waals surface area contributed by atoms with Gasteiger partial charge in [0, 0.05) is 23.4 Å². The molecule has 5 nitrogen and oxygen atoms in total. The average Bonchev–Trinajstić information content (AvgIpc) is 2.91. The summed E-state index contributed by atoms with van der Waals surface area (Å²) in [5.41, 5.74) is 1.81. The lowest BCUT2D eigenvalue weighted by Crippen LogP contribution is -2.24. The molecule has 0 aliphatic carbocycles. The van der Waals surface area contributed by atoms with Crippen molar-refractivity contribution in [2.45, 2.75) is 40.7 Å². The minimum atomic E-state index is -0.0815. The van der Waals surface area contributed by atoms with Crippen molar-refractivity contribution in [3.63, 3.8) is 0 Å². The van der Waals surface area contributed by atoms with E-state index in [1.807, 2.05) is 45.0 Å². The number of ether oxygens (including phenoxy) is 1. The summed E-state index contributed by atoms with van der Waals surface area (Å²) in [6.45, 7) is 8.28. The number of ketones is 1. The Kier molecular flexibility index (Phi) is 5.23. The fourth-order valence-electron chi connectivity index (χ4n) is 3.06. The number of fused-ring (bicyclic) bond motifs is 1. The number of aromatic nitrogens is 2. The summed E-state index contributed by atoms with van der Waals surface area (Å²) in [6, 6.07) is 7.77. The smallest absolute Gasteiger partial charge is 0.262 e. The molecule has 26 heavy (non-hydrogen) atoms. The lowest BCUT2D eigenvalue weighted by atomic mass is 10.0. The molecule has 0 fully saturated rings. The summed E-state index contributed by atoms with van der Waals surface area (Å²) in [5.74, 6) is 1.51. The Morgan fingerprint density at radius 3 is 2.54 bits per heavy atom. The molecule has 0 radical (unpaired) electrons. The molecule has 0 N–H and O–H groups in total. The SMILES string of the molecule is CCOc1ccc(-c2c(C)sc3nc(C)n(CCC(C)=O)c(=O)c23)cc1. The third-order valence-electron chi connectivity index (χ3n) is 4.32. The molecular weight excluding hydrogens is 348 g/mol. The molecule has 0 aliphatic rings. The highest BCUT2D eigenvalue weighted by Crippen LogP contribution is 2.36.